The highest BCUT2D eigenvalue weighted by Gasteiger charge is 2.12. The Balaban J connectivity index is 1.50. The van der Waals surface area contributed by atoms with Crippen molar-refractivity contribution in [2.24, 2.45) is 0 Å². The molecule has 3 N–H and O–H groups in total. The highest BCUT2D eigenvalue weighted by atomic mass is 16.5. The number of nitriles is 1. The van der Waals surface area contributed by atoms with Crippen molar-refractivity contribution in [1.29, 1.82) is 5.26 Å². The molecule has 162 valence electrons. The molecular formula is C22H24N4O5. The molecule has 0 fully saturated rings. The number of imidazole rings is 1. The van der Waals surface area contributed by atoms with E-state index in [4.69, 9.17) is 14.7 Å². The number of nitrogens with one attached hydrogen (secondary N) is 1. The van der Waals surface area contributed by atoms with E-state index in [1.165, 1.54) is 15.3 Å². The molecule has 0 spiro atoms. The lowest BCUT2D eigenvalue weighted by Crippen LogP contribution is -2.34. The van der Waals surface area contributed by atoms with E-state index in [9.17, 15) is 15.0 Å². The van der Waals surface area contributed by atoms with Crippen LogP contribution in [0.25, 0.3) is 5.69 Å². The zero-order valence-electron chi connectivity index (χ0n) is 17.1. The molecule has 31 heavy (non-hydrogen) atoms. The summed E-state index contributed by atoms with van der Waals surface area (Å²) in [4.78, 5) is 12.6. The topological polar surface area (TPSA) is 122 Å². The Labute approximate surface area is 179 Å². The van der Waals surface area contributed by atoms with E-state index in [2.05, 4.69) is 5.32 Å². The lowest BCUT2D eigenvalue weighted by Gasteiger charge is -2.14. The summed E-state index contributed by atoms with van der Waals surface area (Å²) in [7, 11) is 1.56. The number of hydrogen-bond acceptors (Lipinski definition) is 7. The molecule has 0 bridgehead atoms. The highest BCUT2D eigenvalue weighted by Crippen LogP contribution is 2.17. The molecule has 1 unspecified atom stereocenters. The van der Waals surface area contributed by atoms with Crippen LogP contribution in [0.15, 0.2) is 59.5 Å². The van der Waals surface area contributed by atoms with Crippen molar-refractivity contribution in [2.45, 2.75) is 12.6 Å². The molecule has 0 aliphatic heterocycles. The van der Waals surface area contributed by atoms with Gasteiger partial charge in [-0.25, -0.2) is 4.79 Å². The van der Waals surface area contributed by atoms with Gasteiger partial charge in [0, 0.05) is 19.6 Å². The minimum absolute atomic E-state index is 0.0186. The number of para-hydroxylation sites is 1. The van der Waals surface area contributed by atoms with Crippen LogP contribution in [0.1, 0.15) is 5.56 Å². The van der Waals surface area contributed by atoms with E-state index in [0.717, 1.165) is 0 Å². The lowest BCUT2D eigenvalue weighted by atomic mass is 10.2. The SMILES string of the molecule is COc1ccc(-n2cc(O)n(CCNCC(O)COc3ccccc3C#N)c2=O)cc1. The molecular weight excluding hydrogens is 400 g/mol. The third-order valence-corrected chi connectivity index (χ3v) is 4.64. The third kappa shape index (κ3) is 5.45. The van der Waals surface area contributed by atoms with Gasteiger partial charge in [-0.05, 0) is 36.4 Å². The molecule has 0 aliphatic carbocycles. The Kier molecular flexibility index (Phi) is 7.32. The molecule has 0 saturated heterocycles. The maximum atomic E-state index is 12.6. The van der Waals surface area contributed by atoms with E-state index >= 15 is 0 Å². The summed E-state index contributed by atoms with van der Waals surface area (Å²) in [5, 5.41) is 32.3. The molecule has 9 heteroatoms. The first-order valence-electron chi connectivity index (χ1n) is 9.69. The number of hydrogen-bond donors (Lipinski definition) is 3. The number of rotatable bonds is 10. The fraction of sp³-hybridized carbons (Fsp3) is 0.273. The summed E-state index contributed by atoms with van der Waals surface area (Å²) in [5.41, 5.74) is 0.637. The van der Waals surface area contributed by atoms with Gasteiger partial charge in [-0.3, -0.25) is 9.13 Å². The van der Waals surface area contributed by atoms with Crippen LogP contribution in [0.4, 0.5) is 0 Å². The van der Waals surface area contributed by atoms with E-state index in [1.807, 2.05) is 6.07 Å². The zero-order valence-corrected chi connectivity index (χ0v) is 17.1. The first-order chi connectivity index (χ1) is 15.0. The quantitative estimate of drug-likeness (QED) is 0.419. The van der Waals surface area contributed by atoms with Crippen molar-refractivity contribution in [3.05, 3.63) is 70.8 Å². The second-order valence-corrected chi connectivity index (χ2v) is 6.77. The second kappa shape index (κ2) is 10.3. The number of methoxy groups -OCH3 is 1. The first-order valence-corrected chi connectivity index (χ1v) is 9.69. The van der Waals surface area contributed by atoms with Gasteiger partial charge in [-0.1, -0.05) is 12.1 Å². The molecule has 0 aliphatic rings. The zero-order chi connectivity index (χ0) is 22.2. The summed E-state index contributed by atoms with van der Waals surface area (Å²) in [5.74, 6) is 0.934. The maximum absolute atomic E-state index is 12.6. The number of aliphatic hydroxyl groups excluding tert-OH is 1. The van der Waals surface area contributed by atoms with Crippen LogP contribution < -0.4 is 20.5 Å². The standard InChI is InChI=1S/C22H24N4O5/c1-30-19-8-6-17(7-9-19)26-14-21(28)25(22(26)29)11-10-24-13-18(27)15-31-20-5-3-2-4-16(20)12-23/h2-9,14,18,24,27-28H,10-11,13,15H2,1H3. The van der Waals surface area contributed by atoms with Gasteiger partial charge in [0.25, 0.3) is 0 Å². The molecule has 0 radical (unpaired) electrons. The molecule has 0 saturated carbocycles. The molecule has 2 aromatic carbocycles. The first kappa shape index (κ1) is 22.0. The number of benzene rings is 2. The minimum Gasteiger partial charge on any atom is -0.497 e. The van der Waals surface area contributed by atoms with Gasteiger partial charge in [-0.2, -0.15) is 5.26 Å². The summed E-state index contributed by atoms with van der Waals surface area (Å²) in [6.07, 6.45) is 0.556. The molecule has 1 aromatic heterocycles. The Bertz CT molecular complexity index is 1100. The number of ether oxygens (including phenoxy) is 2. The van der Waals surface area contributed by atoms with Crippen LogP contribution in [0.3, 0.4) is 0 Å². The summed E-state index contributed by atoms with van der Waals surface area (Å²) in [6, 6.07) is 15.7. The number of nitrogens with zero attached hydrogens (tertiary/aromatic N) is 3. The van der Waals surface area contributed by atoms with Crippen molar-refractivity contribution >= 4 is 0 Å². The average molecular weight is 424 g/mol. The van der Waals surface area contributed by atoms with E-state index in [1.54, 1.807) is 55.6 Å². The van der Waals surface area contributed by atoms with Gasteiger partial charge in [0.05, 0.1) is 24.6 Å². The Hall–Kier alpha value is -3.74. The van der Waals surface area contributed by atoms with Crippen LogP contribution in [0.5, 0.6) is 17.4 Å². The van der Waals surface area contributed by atoms with Crippen molar-refractivity contribution in [3.63, 3.8) is 0 Å². The van der Waals surface area contributed by atoms with E-state index < -0.39 is 6.10 Å². The van der Waals surface area contributed by atoms with Crippen LogP contribution in [0.2, 0.25) is 0 Å². The van der Waals surface area contributed by atoms with Crippen molar-refractivity contribution in [1.82, 2.24) is 14.5 Å². The van der Waals surface area contributed by atoms with E-state index in [0.29, 0.717) is 29.3 Å². The van der Waals surface area contributed by atoms with E-state index in [-0.39, 0.29) is 31.3 Å². The monoisotopic (exact) mass is 424 g/mol. The Morgan fingerprint density at radius 3 is 2.65 bits per heavy atom. The normalized spacial score (nSPS) is 11.6. The molecule has 0 amide bonds. The number of aromatic hydroxyl groups is 1. The largest absolute Gasteiger partial charge is 0.497 e. The minimum atomic E-state index is -0.805. The van der Waals surface area contributed by atoms with Crippen molar-refractivity contribution in [3.8, 4) is 29.1 Å². The average Bonchev–Trinajstić information content (AvgIpc) is 3.08. The predicted molar refractivity (Wildman–Crippen MR) is 114 cm³/mol. The van der Waals surface area contributed by atoms with Gasteiger partial charge in [0.15, 0.2) is 0 Å². The Morgan fingerprint density at radius 2 is 1.94 bits per heavy atom. The van der Waals surface area contributed by atoms with Gasteiger partial charge >= 0.3 is 5.69 Å². The molecule has 3 rings (SSSR count). The smallest absolute Gasteiger partial charge is 0.335 e. The number of aliphatic hydroxyl groups is 1. The highest BCUT2D eigenvalue weighted by molar-refractivity contribution is 5.42. The third-order valence-electron chi connectivity index (χ3n) is 4.64. The van der Waals surface area contributed by atoms with Crippen LogP contribution in [-0.4, -0.2) is 52.3 Å². The van der Waals surface area contributed by atoms with Crippen molar-refractivity contribution in [2.75, 3.05) is 26.8 Å². The van der Waals surface area contributed by atoms with Gasteiger partial charge in [-0.15, -0.1) is 0 Å². The molecule has 9 nitrogen and oxygen atoms in total. The summed E-state index contributed by atoms with van der Waals surface area (Å²) >= 11 is 0. The maximum Gasteiger partial charge on any atom is 0.335 e. The second-order valence-electron chi connectivity index (χ2n) is 6.77. The molecule has 1 atom stereocenters. The lowest BCUT2D eigenvalue weighted by molar-refractivity contribution is 0.106. The van der Waals surface area contributed by atoms with Crippen LogP contribution in [0, 0.1) is 11.3 Å². The fourth-order valence-corrected chi connectivity index (χ4v) is 3.00. The van der Waals surface area contributed by atoms with Crippen LogP contribution >= 0.6 is 0 Å². The molecule has 1 heterocycles. The number of aromatic nitrogens is 2. The van der Waals surface area contributed by atoms with Crippen LogP contribution in [-0.2, 0) is 6.54 Å². The summed E-state index contributed by atoms with van der Waals surface area (Å²) < 4.78 is 13.2. The van der Waals surface area contributed by atoms with Gasteiger partial charge < -0.3 is 25.0 Å². The van der Waals surface area contributed by atoms with Crippen molar-refractivity contribution < 1.29 is 19.7 Å². The van der Waals surface area contributed by atoms with Gasteiger partial charge in [0.2, 0.25) is 5.88 Å². The predicted octanol–water partition coefficient (Wildman–Crippen LogP) is 1.25. The molecule has 3 aromatic rings. The van der Waals surface area contributed by atoms with Gasteiger partial charge in [0.1, 0.15) is 30.3 Å². The fourth-order valence-electron chi connectivity index (χ4n) is 3.00. The summed E-state index contributed by atoms with van der Waals surface area (Å²) in [6.45, 7) is 0.818. The Morgan fingerprint density at radius 1 is 1.19 bits per heavy atom.